The number of aryl methyl sites for hydroxylation is 1. The van der Waals surface area contributed by atoms with E-state index in [1.54, 1.807) is 0 Å². The average molecular weight is 232 g/mol. The molecule has 0 aliphatic carbocycles. The first-order valence-corrected chi connectivity index (χ1v) is 6.71. The fraction of sp³-hybridized carbons (Fsp3) is 0.500. The Bertz CT molecular complexity index is 324. The topological polar surface area (TPSA) is 20.2 Å². The van der Waals surface area contributed by atoms with Crippen LogP contribution in [0.4, 0.5) is 0 Å². The van der Waals surface area contributed by atoms with Crippen molar-refractivity contribution in [2.24, 2.45) is 0 Å². The van der Waals surface area contributed by atoms with Crippen molar-refractivity contribution in [3.8, 4) is 0 Å². The number of benzene rings is 1. The molecule has 0 atom stereocenters. The van der Waals surface area contributed by atoms with Crippen molar-refractivity contribution >= 4 is 5.76 Å². The number of rotatable bonds is 8. The second-order valence-electron chi connectivity index (χ2n) is 4.66. The number of hydrogen-bond acceptors (Lipinski definition) is 1. The summed E-state index contributed by atoms with van der Waals surface area (Å²) >= 11 is 0. The summed E-state index contributed by atoms with van der Waals surface area (Å²) in [6, 6.07) is 8.05. The van der Waals surface area contributed by atoms with Crippen molar-refractivity contribution in [2.75, 3.05) is 0 Å². The van der Waals surface area contributed by atoms with Crippen LogP contribution in [0.2, 0.25) is 0 Å². The van der Waals surface area contributed by atoms with Crippen molar-refractivity contribution in [2.45, 2.75) is 51.9 Å². The summed E-state index contributed by atoms with van der Waals surface area (Å²) in [6.07, 6.45) is 9.15. The minimum atomic E-state index is 0.149. The van der Waals surface area contributed by atoms with Crippen molar-refractivity contribution in [1.29, 1.82) is 0 Å². The molecule has 0 aromatic heterocycles. The van der Waals surface area contributed by atoms with E-state index in [1.165, 1.54) is 44.1 Å². The molecule has 0 unspecified atom stereocenters. The smallest absolute Gasteiger partial charge is 0.115 e. The normalized spacial score (nSPS) is 10.4. The summed E-state index contributed by atoms with van der Waals surface area (Å²) in [5, 5.41) is 9.22. The molecule has 94 valence electrons. The lowest BCUT2D eigenvalue weighted by Gasteiger charge is -2.03. The van der Waals surface area contributed by atoms with Crippen LogP contribution in [0.3, 0.4) is 0 Å². The lowest BCUT2D eigenvalue weighted by molar-refractivity contribution is 0.514. The van der Waals surface area contributed by atoms with E-state index in [0.29, 0.717) is 0 Å². The van der Waals surface area contributed by atoms with Crippen LogP contribution in [0.5, 0.6) is 0 Å². The Morgan fingerprint density at radius 1 is 1.00 bits per heavy atom. The summed E-state index contributed by atoms with van der Waals surface area (Å²) in [7, 11) is 0. The highest BCUT2D eigenvalue weighted by atomic mass is 16.3. The third kappa shape index (κ3) is 5.58. The molecule has 0 aliphatic heterocycles. The van der Waals surface area contributed by atoms with E-state index in [0.717, 1.165) is 12.0 Å². The van der Waals surface area contributed by atoms with Gasteiger partial charge in [-0.25, -0.2) is 0 Å². The van der Waals surface area contributed by atoms with Gasteiger partial charge in [0.1, 0.15) is 5.76 Å². The van der Waals surface area contributed by atoms with Gasteiger partial charge in [0.2, 0.25) is 0 Å². The van der Waals surface area contributed by atoms with Crippen LogP contribution in [0.25, 0.3) is 5.76 Å². The number of unbranched alkanes of at least 4 members (excludes halogenated alkanes) is 5. The zero-order valence-electron chi connectivity index (χ0n) is 10.9. The molecule has 17 heavy (non-hydrogen) atoms. The maximum Gasteiger partial charge on any atom is 0.115 e. The van der Waals surface area contributed by atoms with E-state index in [2.05, 4.69) is 25.6 Å². The summed E-state index contributed by atoms with van der Waals surface area (Å²) in [5.74, 6) is 0.149. The fourth-order valence-corrected chi connectivity index (χ4v) is 1.97. The second kappa shape index (κ2) is 7.94. The summed E-state index contributed by atoms with van der Waals surface area (Å²) in [5.41, 5.74) is 2.17. The van der Waals surface area contributed by atoms with Crippen molar-refractivity contribution in [3.63, 3.8) is 0 Å². The van der Waals surface area contributed by atoms with E-state index < -0.39 is 0 Å². The predicted molar refractivity (Wildman–Crippen MR) is 75.2 cm³/mol. The van der Waals surface area contributed by atoms with Crippen LogP contribution in [0.15, 0.2) is 30.8 Å². The first-order chi connectivity index (χ1) is 8.24. The van der Waals surface area contributed by atoms with E-state index in [-0.39, 0.29) is 5.76 Å². The fourth-order valence-electron chi connectivity index (χ4n) is 1.97. The molecule has 0 bridgehead atoms. The Kier molecular flexibility index (Phi) is 6.46. The van der Waals surface area contributed by atoms with Crippen LogP contribution >= 0.6 is 0 Å². The molecule has 0 fully saturated rings. The average Bonchev–Trinajstić information content (AvgIpc) is 2.34. The molecular formula is C16H24O. The predicted octanol–water partition coefficient (Wildman–Crippen LogP) is 5.12. The van der Waals surface area contributed by atoms with Crippen LogP contribution in [0, 0.1) is 0 Å². The van der Waals surface area contributed by atoms with Crippen LogP contribution in [-0.4, -0.2) is 5.11 Å². The zero-order chi connectivity index (χ0) is 12.5. The highest BCUT2D eigenvalue weighted by molar-refractivity contribution is 5.55. The lowest BCUT2D eigenvalue weighted by Crippen LogP contribution is -1.88. The van der Waals surface area contributed by atoms with Gasteiger partial charge in [0, 0.05) is 5.56 Å². The molecule has 0 spiro atoms. The first kappa shape index (κ1) is 13.8. The molecule has 1 N–H and O–H groups in total. The number of hydrogen-bond donors (Lipinski definition) is 1. The van der Waals surface area contributed by atoms with E-state index >= 15 is 0 Å². The summed E-state index contributed by atoms with van der Waals surface area (Å²) in [6.45, 7) is 5.76. The maximum absolute atomic E-state index is 9.22. The SMILES string of the molecule is C=C(O)c1ccc(CCCCCCCC)cc1. The van der Waals surface area contributed by atoms with Gasteiger partial charge < -0.3 is 5.11 Å². The largest absolute Gasteiger partial charge is 0.508 e. The summed E-state index contributed by atoms with van der Waals surface area (Å²) in [4.78, 5) is 0. The zero-order valence-corrected chi connectivity index (χ0v) is 10.9. The third-order valence-electron chi connectivity index (χ3n) is 3.11. The quantitative estimate of drug-likeness (QED) is 0.487. The second-order valence-corrected chi connectivity index (χ2v) is 4.66. The van der Waals surface area contributed by atoms with E-state index in [1.807, 2.05) is 12.1 Å². The molecule has 1 rings (SSSR count). The van der Waals surface area contributed by atoms with Gasteiger partial charge in [-0.15, -0.1) is 0 Å². The molecule has 0 saturated heterocycles. The molecule has 0 saturated carbocycles. The molecule has 0 radical (unpaired) electrons. The minimum Gasteiger partial charge on any atom is -0.508 e. The first-order valence-electron chi connectivity index (χ1n) is 6.71. The van der Waals surface area contributed by atoms with E-state index in [9.17, 15) is 5.11 Å². The minimum absolute atomic E-state index is 0.149. The lowest BCUT2D eigenvalue weighted by atomic mass is 10.0. The van der Waals surface area contributed by atoms with Crippen LogP contribution in [0.1, 0.15) is 56.6 Å². The molecule has 1 aromatic carbocycles. The Morgan fingerprint density at radius 3 is 2.18 bits per heavy atom. The standard InChI is InChI=1S/C16H24O/c1-3-4-5-6-7-8-9-15-10-12-16(13-11-15)14(2)17/h10-13,17H,2-9H2,1H3. The Labute approximate surface area is 105 Å². The number of aliphatic hydroxyl groups excluding tert-OH is 1. The summed E-state index contributed by atoms with van der Waals surface area (Å²) < 4.78 is 0. The highest BCUT2D eigenvalue weighted by Crippen LogP contribution is 2.13. The Hall–Kier alpha value is -1.24. The molecule has 1 aromatic rings. The van der Waals surface area contributed by atoms with Gasteiger partial charge in [-0.3, -0.25) is 0 Å². The molecule has 1 nitrogen and oxygen atoms in total. The van der Waals surface area contributed by atoms with Gasteiger partial charge in [0.25, 0.3) is 0 Å². The van der Waals surface area contributed by atoms with Gasteiger partial charge in [-0.1, -0.05) is 69.9 Å². The molecular weight excluding hydrogens is 208 g/mol. The highest BCUT2D eigenvalue weighted by Gasteiger charge is 1.97. The van der Waals surface area contributed by atoms with Crippen molar-refractivity contribution < 1.29 is 5.11 Å². The maximum atomic E-state index is 9.22. The molecule has 0 heterocycles. The van der Waals surface area contributed by atoms with Crippen molar-refractivity contribution in [3.05, 3.63) is 42.0 Å². The van der Waals surface area contributed by atoms with Gasteiger partial charge in [0.15, 0.2) is 0 Å². The Balaban J connectivity index is 2.21. The van der Waals surface area contributed by atoms with E-state index in [4.69, 9.17) is 0 Å². The third-order valence-corrected chi connectivity index (χ3v) is 3.11. The molecule has 0 amide bonds. The van der Waals surface area contributed by atoms with Gasteiger partial charge in [-0.2, -0.15) is 0 Å². The van der Waals surface area contributed by atoms with Gasteiger partial charge in [0.05, 0.1) is 0 Å². The van der Waals surface area contributed by atoms with Crippen LogP contribution < -0.4 is 0 Å². The molecule has 1 heteroatoms. The van der Waals surface area contributed by atoms with Gasteiger partial charge in [-0.05, 0) is 18.4 Å². The van der Waals surface area contributed by atoms with Gasteiger partial charge >= 0.3 is 0 Å². The molecule has 0 aliphatic rings. The number of aliphatic hydroxyl groups is 1. The van der Waals surface area contributed by atoms with Crippen molar-refractivity contribution in [1.82, 2.24) is 0 Å². The van der Waals surface area contributed by atoms with Crippen LogP contribution in [-0.2, 0) is 6.42 Å². The Morgan fingerprint density at radius 2 is 1.59 bits per heavy atom. The monoisotopic (exact) mass is 232 g/mol.